The van der Waals surface area contributed by atoms with E-state index < -0.39 is 0 Å². The molecule has 0 atom stereocenters. The van der Waals surface area contributed by atoms with Gasteiger partial charge in [-0.3, -0.25) is 9.80 Å². The Kier molecular flexibility index (Phi) is 5.15. The minimum absolute atomic E-state index is 0.296. The summed E-state index contributed by atoms with van der Waals surface area (Å²) in [6, 6.07) is 6.73. The Morgan fingerprint density at radius 3 is 2.53 bits per heavy atom. The van der Waals surface area contributed by atoms with Gasteiger partial charge in [0.15, 0.2) is 0 Å². The van der Waals surface area contributed by atoms with Crippen LogP contribution in [0.3, 0.4) is 0 Å². The van der Waals surface area contributed by atoms with E-state index in [1.165, 1.54) is 12.1 Å². The number of piperazine rings is 1. The van der Waals surface area contributed by atoms with Crippen molar-refractivity contribution >= 4 is 11.6 Å². The van der Waals surface area contributed by atoms with Crippen molar-refractivity contribution in [2.24, 2.45) is 0 Å². The lowest BCUT2D eigenvalue weighted by atomic mass is 10.2. The highest BCUT2D eigenvalue weighted by molar-refractivity contribution is 6.31. The number of benzene rings is 1. The maximum Gasteiger partial charge on any atom is 0.124 e. The first-order valence-electron chi connectivity index (χ1n) is 6.44. The molecule has 19 heavy (non-hydrogen) atoms. The molecule has 5 heteroatoms. The monoisotopic (exact) mass is 281 g/mol. The van der Waals surface area contributed by atoms with Crippen molar-refractivity contribution in [2.45, 2.75) is 13.0 Å². The van der Waals surface area contributed by atoms with Crippen molar-refractivity contribution in [2.75, 3.05) is 32.7 Å². The Bertz CT molecular complexity index is 464. The lowest BCUT2D eigenvalue weighted by molar-refractivity contribution is 0.129. The van der Waals surface area contributed by atoms with E-state index in [4.69, 9.17) is 16.9 Å². The summed E-state index contributed by atoms with van der Waals surface area (Å²) in [4.78, 5) is 4.61. The van der Waals surface area contributed by atoms with E-state index >= 15 is 0 Å². The molecule has 1 aliphatic heterocycles. The van der Waals surface area contributed by atoms with E-state index in [1.54, 1.807) is 6.07 Å². The molecule has 0 spiro atoms. The van der Waals surface area contributed by atoms with E-state index in [2.05, 4.69) is 15.9 Å². The molecule has 102 valence electrons. The first kappa shape index (κ1) is 14.3. The predicted octanol–water partition coefficient (Wildman–Crippen LogP) is 2.51. The molecule has 1 aromatic rings. The van der Waals surface area contributed by atoms with Crippen LogP contribution in [0.15, 0.2) is 18.2 Å². The predicted molar refractivity (Wildman–Crippen MR) is 73.4 cm³/mol. The quantitative estimate of drug-likeness (QED) is 0.849. The summed E-state index contributed by atoms with van der Waals surface area (Å²) in [5.41, 5.74) is 0.966. The summed E-state index contributed by atoms with van der Waals surface area (Å²) in [5, 5.41) is 9.06. The minimum Gasteiger partial charge on any atom is -0.300 e. The molecule has 0 aliphatic carbocycles. The van der Waals surface area contributed by atoms with Crippen LogP contribution in [0.2, 0.25) is 5.02 Å². The van der Waals surface area contributed by atoms with Crippen molar-refractivity contribution in [3.05, 3.63) is 34.6 Å². The standard InChI is InChI=1S/C14H17ClFN3/c15-14-10-13(16)3-2-12(14)11-19-8-6-18(7-9-19)5-1-4-17/h2-3,10H,1,5-9,11H2. The molecule has 0 bridgehead atoms. The van der Waals surface area contributed by atoms with Crippen molar-refractivity contribution in [3.8, 4) is 6.07 Å². The number of nitrogens with zero attached hydrogens (tertiary/aromatic N) is 3. The van der Waals surface area contributed by atoms with Crippen molar-refractivity contribution in [1.82, 2.24) is 9.80 Å². The molecule has 0 N–H and O–H groups in total. The molecule has 0 amide bonds. The van der Waals surface area contributed by atoms with Gasteiger partial charge in [0.25, 0.3) is 0 Å². The van der Waals surface area contributed by atoms with Gasteiger partial charge in [-0.15, -0.1) is 0 Å². The second kappa shape index (κ2) is 6.85. The lowest BCUT2D eigenvalue weighted by Gasteiger charge is -2.34. The first-order valence-corrected chi connectivity index (χ1v) is 6.82. The second-order valence-electron chi connectivity index (χ2n) is 4.76. The number of halogens is 2. The van der Waals surface area contributed by atoms with Gasteiger partial charge in [0.1, 0.15) is 5.82 Å². The van der Waals surface area contributed by atoms with Crippen LogP contribution < -0.4 is 0 Å². The third-order valence-corrected chi connectivity index (χ3v) is 3.77. The third-order valence-electron chi connectivity index (χ3n) is 3.41. The molecule has 1 fully saturated rings. The number of rotatable bonds is 4. The Morgan fingerprint density at radius 2 is 1.89 bits per heavy atom. The van der Waals surface area contributed by atoms with Gasteiger partial charge in [-0.1, -0.05) is 17.7 Å². The molecule has 3 nitrogen and oxygen atoms in total. The minimum atomic E-state index is -0.296. The summed E-state index contributed by atoms with van der Waals surface area (Å²) in [6.45, 7) is 5.46. The largest absolute Gasteiger partial charge is 0.300 e. The molecular formula is C14H17ClFN3. The summed E-state index contributed by atoms with van der Waals surface area (Å²) >= 11 is 6.03. The molecule has 0 unspecified atom stereocenters. The Labute approximate surface area is 118 Å². The van der Waals surface area contributed by atoms with Crippen LogP contribution in [-0.2, 0) is 6.54 Å². The lowest BCUT2D eigenvalue weighted by Crippen LogP contribution is -2.46. The number of hydrogen-bond acceptors (Lipinski definition) is 3. The molecular weight excluding hydrogens is 265 g/mol. The van der Waals surface area contributed by atoms with Gasteiger partial charge in [-0.05, 0) is 17.7 Å². The summed E-state index contributed by atoms with van der Waals surface area (Å²) in [7, 11) is 0. The van der Waals surface area contributed by atoms with Crippen molar-refractivity contribution in [1.29, 1.82) is 5.26 Å². The molecule has 2 rings (SSSR count). The highest BCUT2D eigenvalue weighted by Gasteiger charge is 2.17. The zero-order valence-corrected chi connectivity index (χ0v) is 11.5. The van der Waals surface area contributed by atoms with Crippen LogP contribution in [-0.4, -0.2) is 42.5 Å². The fraction of sp³-hybridized carbons (Fsp3) is 0.500. The van der Waals surface area contributed by atoms with Crippen molar-refractivity contribution in [3.63, 3.8) is 0 Å². The van der Waals surface area contributed by atoms with Crippen LogP contribution in [0.4, 0.5) is 4.39 Å². The molecule has 0 aromatic heterocycles. The molecule has 0 saturated carbocycles. The fourth-order valence-electron chi connectivity index (χ4n) is 2.27. The second-order valence-corrected chi connectivity index (χ2v) is 5.17. The van der Waals surface area contributed by atoms with E-state index in [1.807, 2.05) is 0 Å². The molecule has 1 aromatic carbocycles. The van der Waals surface area contributed by atoms with Gasteiger partial charge in [-0.2, -0.15) is 5.26 Å². The van der Waals surface area contributed by atoms with Crippen LogP contribution in [0.25, 0.3) is 0 Å². The third kappa shape index (κ3) is 4.17. The normalized spacial score (nSPS) is 17.3. The smallest absolute Gasteiger partial charge is 0.124 e. The van der Waals surface area contributed by atoms with Gasteiger partial charge in [0.2, 0.25) is 0 Å². The van der Waals surface area contributed by atoms with Crippen LogP contribution >= 0.6 is 11.6 Å². The zero-order chi connectivity index (χ0) is 13.7. The van der Waals surface area contributed by atoms with Crippen molar-refractivity contribution < 1.29 is 4.39 Å². The fourth-order valence-corrected chi connectivity index (χ4v) is 2.50. The van der Waals surface area contributed by atoms with Crippen LogP contribution in [0.5, 0.6) is 0 Å². The van der Waals surface area contributed by atoms with Crippen LogP contribution in [0, 0.1) is 17.1 Å². The topological polar surface area (TPSA) is 30.3 Å². The summed E-state index contributed by atoms with van der Waals surface area (Å²) in [5.74, 6) is -0.296. The Balaban J connectivity index is 1.84. The van der Waals surface area contributed by atoms with Gasteiger partial charge in [-0.25, -0.2) is 4.39 Å². The molecule has 1 aliphatic rings. The molecule has 0 radical (unpaired) electrons. The maximum absolute atomic E-state index is 13.0. The van der Waals surface area contributed by atoms with Gasteiger partial charge < -0.3 is 0 Å². The van der Waals surface area contributed by atoms with Gasteiger partial charge in [0.05, 0.1) is 6.07 Å². The molecule has 1 saturated heterocycles. The average Bonchev–Trinajstić information content (AvgIpc) is 2.41. The Morgan fingerprint density at radius 1 is 1.21 bits per heavy atom. The Hall–Kier alpha value is -1.15. The average molecular weight is 282 g/mol. The maximum atomic E-state index is 13.0. The van der Waals surface area contributed by atoms with Crippen LogP contribution in [0.1, 0.15) is 12.0 Å². The van der Waals surface area contributed by atoms with E-state index in [-0.39, 0.29) is 5.82 Å². The van der Waals surface area contributed by atoms with E-state index in [0.29, 0.717) is 11.4 Å². The summed E-state index contributed by atoms with van der Waals surface area (Å²) in [6.07, 6.45) is 0.587. The summed E-state index contributed by atoms with van der Waals surface area (Å²) < 4.78 is 13.0. The highest BCUT2D eigenvalue weighted by atomic mass is 35.5. The SMILES string of the molecule is N#CCCN1CCN(Cc2ccc(F)cc2Cl)CC1. The highest BCUT2D eigenvalue weighted by Crippen LogP contribution is 2.19. The van der Waals surface area contributed by atoms with Gasteiger partial charge in [0, 0.05) is 50.7 Å². The van der Waals surface area contributed by atoms with Gasteiger partial charge >= 0.3 is 0 Å². The molecule has 1 heterocycles. The van der Waals surface area contributed by atoms with E-state index in [9.17, 15) is 4.39 Å². The number of hydrogen-bond donors (Lipinski definition) is 0. The number of nitriles is 1. The van der Waals surface area contributed by atoms with E-state index in [0.717, 1.165) is 44.8 Å². The first-order chi connectivity index (χ1) is 9.19. The zero-order valence-electron chi connectivity index (χ0n) is 10.8.